The van der Waals surface area contributed by atoms with Crippen LogP contribution in [0.15, 0.2) is 133 Å². The molecule has 2 fully saturated rings. The Morgan fingerprint density at radius 1 is 0.483 bits per heavy atom. The topological polar surface area (TPSA) is 34.6 Å². The summed E-state index contributed by atoms with van der Waals surface area (Å²) < 4.78 is 0. The van der Waals surface area contributed by atoms with Crippen LogP contribution >= 0.6 is 0 Å². The summed E-state index contributed by atoms with van der Waals surface area (Å²) in [6.45, 7) is 12.0. The lowest BCUT2D eigenvalue weighted by Crippen LogP contribution is -2.14. The summed E-state index contributed by atoms with van der Waals surface area (Å²) in [4.78, 5) is 8.61. The monoisotopic (exact) mass is 778 g/mol. The largest absolute Gasteiger partial charge is 0.310 e. The zero-order valence-electron chi connectivity index (χ0n) is 34.7. The van der Waals surface area contributed by atoms with Crippen molar-refractivity contribution in [3.8, 4) is 6.07 Å². The summed E-state index contributed by atoms with van der Waals surface area (Å²) in [5, 5.41) is 17.7. The SMILES string of the molecule is [C-]#[N+]c1ccc(N(c2ccc(C)cc2)c2cc(C3CCCCC3)c3ccc4c(N(c5ccc(C)cc5)c5ccc(C#N)cc5)cc(C5CCCCC5)c5ccc2c3c54)cc1. The first-order valence-electron chi connectivity index (χ1n) is 22.0. The Hall–Kier alpha value is -6.62. The molecule has 2 aliphatic carbocycles. The molecule has 0 atom stereocenters. The lowest BCUT2D eigenvalue weighted by Gasteiger charge is -2.33. The minimum absolute atomic E-state index is 0.477. The molecular weight excluding hydrogens is 729 g/mol. The fourth-order valence-electron chi connectivity index (χ4n) is 10.5. The Kier molecular flexibility index (Phi) is 9.95. The fraction of sp³-hybridized carbons (Fsp3) is 0.250. The molecule has 294 valence electrons. The van der Waals surface area contributed by atoms with Gasteiger partial charge in [0.1, 0.15) is 0 Å². The van der Waals surface area contributed by atoms with Gasteiger partial charge < -0.3 is 9.80 Å². The summed E-state index contributed by atoms with van der Waals surface area (Å²) in [6, 6.07) is 51.1. The summed E-state index contributed by atoms with van der Waals surface area (Å²) in [5.74, 6) is 0.955. The first kappa shape index (κ1) is 37.6. The van der Waals surface area contributed by atoms with Crippen LogP contribution in [-0.2, 0) is 0 Å². The molecule has 10 rings (SSSR count). The van der Waals surface area contributed by atoms with Gasteiger partial charge in [0.05, 0.1) is 29.6 Å². The Morgan fingerprint density at radius 3 is 1.23 bits per heavy atom. The second-order valence-electron chi connectivity index (χ2n) is 17.3. The van der Waals surface area contributed by atoms with Crippen LogP contribution in [-0.4, -0.2) is 0 Å². The minimum Gasteiger partial charge on any atom is -0.310 e. The highest BCUT2D eigenvalue weighted by atomic mass is 15.1. The fourth-order valence-corrected chi connectivity index (χ4v) is 10.5. The van der Waals surface area contributed by atoms with Crippen LogP contribution in [0.5, 0.6) is 0 Å². The molecule has 2 saturated carbocycles. The molecule has 60 heavy (non-hydrogen) atoms. The van der Waals surface area contributed by atoms with Crippen LogP contribution in [0.2, 0.25) is 0 Å². The van der Waals surface area contributed by atoms with Gasteiger partial charge in [0, 0.05) is 33.5 Å². The van der Waals surface area contributed by atoms with Gasteiger partial charge in [0.2, 0.25) is 0 Å². The molecule has 0 saturated heterocycles. The van der Waals surface area contributed by atoms with Gasteiger partial charge in [-0.3, -0.25) is 0 Å². The highest BCUT2D eigenvalue weighted by Gasteiger charge is 2.29. The van der Waals surface area contributed by atoms with E-state index in [-0.39, 0.29) is 0 Å². The summed E-state index contributed by atoms with van der Waals surface area (Å²) in [7, 11) is 0. The molecule has 2 aliphatic rings. The number of anilines is 6. The maximum Gasteiger partial charge on any atom is 0.187 e. The molecule has 0 amide bonds. The molecule has 8 aromatic rings. The number of benzene rings is 8. The van der Waals surface area contributed by atoms with E-state index in [1.54, 1.807) is 0 Å². The summed E-state index contributed by atoms with van der Waals surface area (Å²) in [6.07, 6.45) is 12.4. The van der Waals surface area contributed by atoms with Crippen molar-refractivity contribution in [1.82, 2.24) is 0 Å². The highest BCUT2D eigenvalue weighted by molar-refractivity contribution is 6.29. The molecule has 0 N–H and O–H groups in total. The first-order chi connectivity index (χ1) is 29.5. The maximum atomic E-state index is 9.79. The number of aryl methyl sites for hydroxylation is 2. The minimum atomic E-state index is 0.477. The van der Waals surface area contributed by atoms with E-state index in [2.05, 4.69) is 144 Å². The average molecular weight is 779 g/mol. The molecule has 8 aromatic carbocycles. The van der Waals surface area contributed by atoms with Crippen LogP contribution < -0.4 is 9.80 Å². The zero-order chi connectivity index (χ0) is 40.7. The van der Waals surface area contributed by atoms with Crippen molar-refractivity contribution in [3.05, 3.63) is 173 Å². The van der Waals surface area contributed by atoms with Gasteiger partial charge in [-0.1, -0.05) is 110 Å². The van der Waals surface area contributed by atoms with Crippen molar-refractivity contribution in [2.24, 2.45) is 0 Å². The quantitative estimate of drug-likeness (QED) is 0.114. The van der Waals surface area contributed by atoms with Gasteiger partial charge >= 0.3 is 0 Å². The number of nitriles is 1. The van der Waals surface area contributed by atoms with Crippen LogP contribution in [0.3, 0.4) is 0 Å². The predicted molar refractivity (Wildman–Crippen MR) is 252 cm³/mol. The number of rotatable bonds is 8. The molecule has 0 heterocycles. The highest BCUT2D eigenvalue weighted by Crippen LogP contribution is 2.53. The lowest BCUT2D eigenvalue weighted by molar-refractivity contribution is 0.445. The van der Waals surface area contributed by atoms with Crippen molar-refractivity contribution in [2.75, 3.05) is 9.80 Å². The van der Waals surface area contributed by atoms with Gasteiger partial charge in [-0.25, -0.2) is 4.85 Å². The van der Waals surface area contributed by atoms with Crippen molar-refractivity contribution in [2.45, 2.75) is 89.9 Å². The molecule has 0 unspecified atom stereocenters. The molecular formula is C56H50N4. The van der Waals surface area contributed by atoms with Crippen molar-refractivity contribution in [1.29, 1.82) is 5.26 Å². The van der Waals surface area contributed by atoms with E-state index in [0.717, 1.165) is 22.7 Å². The summed E-state index contributed by atoms with van der Waals surface area (Å²) in [5.41, 5.74) is 13.3. The molecule has 0 aliphatic heterocycles. The molecule has 4 heteroatoms. The standard InChI is InChI=1S/C56H50N4/c1-37-14-22-43(23-15-37)59(45-26-18-39(36-57)19-27-45)53-34-51(40-10-6-4-7-11-40)47-31-33-50-54(60(44-24-16-38(2)17-25-44)46-28-20-42(58-3)21-29-46)35-52(41-12-8-5-9-13-41)48-30-32-49(53)55(47)56(48)50/h14-35,40-41H,4-13H2,1-2H3. The number of hydrogen-bond donors (Lipinski definition) is 0. The van der Waals surface area contributed by atoms with E-state index in [1.165, 1.54) is 130 Å². The van der Waals surface area contributed by atoms with E-state index in [9.17, 15) is 5.26 Å². The van der Waals surface area contributed by atoms with Crippen LogP contribution in [0.25, 0.3) is 37.2 Å². The first-order valence-corrected chi connectivity index (χ1v) is 22.0. The molecule has 4 nitrogen and oxygen atoms in total. The van der Waals surface area contributed by atoms with E-state index in [1.807, 2.05) is 24.3 Å². The van der Waals surface area contributed by atoms with Crippen LogP contribution in [0, 0.1) is 31.8 Å². The second-order valence-corrected chi connectivity index (χ2v) is 17.3. The molecule has 0 aromatic heterocycles. The van der Waals surface area contributed by atoms with Crippen molar-refractivity contribution < 1.29 is 0 Å². The van der Waals surface area contributed by atoms with Gasteiger partial charge in [-0.2, -0.15) is 5.26 Å². The van der Waals surface area contributed by atoms with Crippen molar-refractivity contribution >= 4 is 72.1 Å². The Morgan fingerprint density at radius 2 is 0.850 bits per heavy atom. The van der Waals surface area contributed by atoms with Crippen molar-refractivity contribution in [3.63, 3.8) is 0 Å². The van der Waals surface area contributed by atoms with Gasteiger partial charge in [-0.15, -0.1) is 0 Å². The zero-order valence-corrected chi connectivity index (χ0v) is 34.7. The third-order valence-corrected chi connectivity index (χ3v) is 13.6. The van der Waals surface area contributed by atoms with E-state index in [4.69, 9.17) is 6.57 Å². The summed E-state index contributed by atoms with van der Waals surface area (Å²) >= 11 is 0. The molecule has 0 bridgehead atoms. The number of nitrogens with zero attached hydrogens (tertiary/aromatic N) is 4. The molecule has 0 radical (unpaired) electrons. The second kappa shape index (κ2) is 15.9. The van der Waals surface area contributed by atoms with Gasteiger partial charge in [0.25, 0.3) is 0 Å². The van der Waals surface area contributed by atoms with Gasteiger partial charge in [-0.05, 0) is 157 Å². The predicted octanol–water partition coefficient (Wildman–Crippen LogP) is 16.7. The van der Waals surface area contributed by atoms with E-state index in [0.29, 0.717) is 23.1 Å². The maximum absolute atomic E-state index is 9.79. The Labute approximate surface area is 354 Å². The van der Waals surface area contributed by atoms with Crippen LogP contribution in [0.4, 0.5) is 39.8 Å². The third-order valence-electron chi connectivity index (χ3n) is 13.6. The Balaban J connectivity index is 1.33. The van der Waals surface area contributed by atoms with Crippen LogP contribution in [0.1, 0.15) is 104 Å². The van der Waals surface area contributed by atoms with E-state index >= 15 is 0 Å². The van der Waals surface area contributed by atoms with Gasteiger partial charge in [0.15, 0.2) is 5.69 Å². The smallest absolute Gasteiger partial charge is 0.187 e. The number of hydrogen-bond acceptors (Lipinski definition) is 3. The van der Waals surface area contributed by atoms with E-state index < -0.39 is 0 Å². The lowest BCUT2D eigenvalue weighted by atomic mass is 9.77. The normalized spacial score (nSPS) is 15.0. The Bertz CT molecular complexity index is 2700. The average Bonchev–Trinajstić information content (AvgIpc) is 3.31. The third kappa shape index (κ3) is 6.71. The molecule has 0 spiro atoms.